The lowest BCUT2D eigenvalue weighted by Gasteiger charge is -2.14. The van der Waals surface area contributed by atoms with Gasteiger partial charge in [-0.3, -0.25) is 9.59 Å². The first-order valence-electron chi connectivity index (χ1n) is 7.19. The molecule has 1 atom stereocenters. The van der Waals surface area contributed by atoms with Gasteiger partial charge in [-0.1, -0.05) is 12.1 Å². The lowest BCUT2D eigenvalue weighted by Crippen LogP contribution is -2.21. The highest BCUT2D eigenvalue weighted by molar-refractivity contribution is 6.46. The van der Waals surface area contributed by atoms with Gasteiger partial charge in [-0.05, 0) is 42.0 Å². The molecule has 1 heterocycles. The molecule has 0 bridgehead atoms. The zero-order chi connectivity index (χ0) is 17.3. The summed E-state index contributed by atoms with van der Waals surface area (Å²) in [5, 5.41) is 13.0. The molecule has 0 unspecified atom stereocenters. The molecule has 0 spiro atoms. The van der Waals surface area contributed by atoms with Crippen molar-refractivity contribution < 1.29 is 23.8 Å². The first-order chi connectivity index (χ1) is 11.5. The van der Waals surface area contributed by atoms with Crippen LogP contribution in [0.25, 0.3) is 5.76 Å². The molecule has 1 aliphatic heterocycles. The molecule has 0 aliphatic carbocycles. The van der Waals surface area contributed by atoms with Gasteiger partial charge in [-0.15, -0.1) is 0 Å². The van der Waals surface area contributed by atoms with Crippen molar-refractivity contribution in [1.82, 2.24) is 5.32 Å². The van der Waals surface area contributed by atoms with Crippen molar-refractivity contribution in [3.05, 3.63) is 71.0 Å². The van der Waals surface area contributed by atoms with E-state index in [-0.39, 0.29) is 11.3 Å². The van der Waals surface area contributed by atoms with Gasteiger partial charge in [0.2, 0.25) is 0 Å². The van der Waals surface area contributed by atoms with Crippen molar-refractivity contribution in [3.8, 4) is 5.75 Å². The number of nitrogens with one attached hydrogen (secondary N) is 1. The van der Waals surface area contributed by atoms with Gasteiger partial charge in [-0.25, -0.2) is 4.39 Å². The molecular formula is C18H14FNO4. The summed E-state index contributed by atoms with van der Waals surface area (Å²) in [7, 11) is 1.51. The number of Topliss-reactive ketones (excluding diaryl/α,β-unsaturated/α-hetero) is 1. The van der Waals surface area contributed by atoms with Crippen molar-refractivity contribution >= 4 is 17.4 Å². The molecule has 3 rings (SSSR count). The minimum absolute atomic E-state index is 0.101. The predicted octanol–water partition coefficient (Wildman–Crippen LogP) is 2.54. The van der Waals surface area contributed by atoms with Crippen LogP contribution in [-0.4, -0.2) is 23.9 Å². The molecule has 122 valence electrons. The number of ketones is 1. The minimum Gasteiger partial charge on any atom is -0.507 e. The normalized spacial score (nSPS) is 19.2. The summed E-state index contributed by atoms with van der Waals surface area (Å²) < 4.78 is 18.5. The SMILES string of the molecule is COc1ccc(/C(O)=C2\C(=O)C(=O)N[C@H]2c2cccc(F)c2)cc1. The third kappa shape index (κ3) is 2.74. The predicted molar refractivity (Wildman–Crippen MR) is 84.8 cm³/mol. The third-order valence-electron chi connectivity index (χ3n) is 3.82. The van der Waals surface area contributed by atoms with Gasteiger partial charge in [0.15, 0.2) is 0 Å². The molecule has 2 N–H and O–H groups in total. The smallest absolute Gasteiger partial charge is 0.293 e. The highest BCUT2D eigenvalue weighted by Crippen LogP contribution is 2.33. The van der Waals surface area contributed by atoms with Crippen LogP contribution in [-0.2, 0) is 9.59 Å². The van der Waals surface area contributed by atoms with Crippen LogP contribution < -0.4 is 10.1 Å². The lowest BCUT2D eigenvalue weighted by atomic mass is 9.96. The van der Waals surface area contributed by atoms with E-state index in [2.05, 4.69) is 5.32 Å². The number of benzene rings is 2. The van der Waals surface area contributed by atoms with Gasteiger partial charge < -0.3 is 15.2 Å². The van der Waals surface area contributed by atoms with Crippen LogP contribution in [0.3, 0.4) is 0 Å². The zero-order valence-corrected chi connectivity index (χ0v) is 12.7. The second kappa shape index (κ2) is 6.16. The summed E-state index contributed by atoms with van der Waals surface area (Å²) >= 11 is 0. The van der Waals surface area contributed by atoms with Crippen molar-refractivity contribution in [3.63, 3.8) is 0 Å². The van der Waals surface area contributed by atoms with E-state index in [0.717, 1.165) is 0 Å². The highest BCUT2D eigenvalue weighted by atomic mass is 19.1. The highest BCUT2D eigenvalue weighted by Gasteiger charge is 2.39. The molecule has 5 nitrogen and oxygen atoms in total. The number of aliphatic hydroxyl groups is 1. The van der Waals surface area contributed by atoms with Gasteiger partial charge in [0, 0.05) is 5.56 Å². The molecule has 2 aromatic carbocycles. The van der Waals surface area contributed by atoms with E-state index in [4.69, 9.17) is 4.74 Å². The van der Waals surface area contributed by atoms with Crippen LogP contribution in [0.1, 0.15) is 17.2 Å². The second-order valence-corrected chi connectivity index (χ2v) is 5.28. The van der Waals surface area contributed by atoms with Crippen LogP contribution in [0.4, 0.5) is 4.39 Å². The first kappa shape index (κ1) is 15.7. The summed E-state index contributed by atoms with van der Waals surface area (Å²) in [5.41, 5.74) is 0.636. The van der Waals surface area contributed by atoms with Crippen LogP contribution >= 0.6 is 0 Å². The molecule has 0 saturated carbocycles. The average molecular weight is 327 g/mol. The Balaban J connectivity index is 2.09. The van der Waals surface area contributed by atoms with Crippen molar-refractivity contribution in [2.24, 2.45) is 0 Å². The van der Waals surface area contributed by atoms with Crippen LogP contribution in [0, 0.1) is 5.82 Å². The Morgan fingerprint density at radius 2 is 1.88 bits per heavy atom. The largest absolute Gasteiger partial charge is 0.507 e. The molecule has 1 fully saturated rings. The maximum atomic E-state index is 13.5. The molecule has 0 radical (unpaired) electrons. The second-order valence-electron chi connectivity index (χ2n) is 5.28. The van der Waals surface area contributed by atoms with Crippen LogP contribution in [0.15, 0.2) is 54.1 Å². The standard InChI is InChI=1S/C18H14FNO4/c1-24-13-7-5-10(6-8-13)16(21)14-15(20-18(23)17(14)22)11-3-2-4-12(19)9-11/h2-9,15,21H,1H3,(H,20,23)/b16-14+/t15-/m0/s1. The first-order valence-corrected chi connectivity index (χ1v) is 7.19. The van der Waals surface area contributed by atoms with Crippen LogP contribution in [0.5, 0.6) is 5.75 Å². The molecule has 1 saturated heterocycles. The van der Waals surface area contributed by atoms with E-state index in [0.29, 0.717) is 16.9 Å². The summed E-state index contributed by atoms with van der Waals surface area (Å²) in [5.74, 6) is -1.90. The average Bonchev–Trinajstić information content (AvgIpc) is 2.89. The van der Waals surface area contributed by atoms with Gasteiger partial charge in [0.05, 0.1) is 18.7 Å². The summed E-state index contributed by atoms with van der Waals surface area (Å²) in [6, 6.07) is 11.0. The molecule has 2 aromatic rings. The Morgan fingerprint density at radius 3 is 2.50 bits per heavy atom. The fourth-order valence-corrected chi connectivity index (χ4v) is 2.61. The van der Waals surface area contributed by atoms with Gasteiger partial charge >= 0.3 is 0 Å². The maximum Gasteiger partial charge on any atom is 0.293 e. The van der Waals surface area contributed by atoms with E-state index >= 15 is 0 Å². The van der Waals surface area contributed by atoms with Crippen molar-refractivity contribution in [2.45, 2.75) is 6.04 Å². The monoisotopic (exact) mass is 327 g/mol. The number of hydrogen-bond acceptors (Lipinski definition) is 4. The van der Waals surface area contributed by atoms with Gasteiger partial charge in [-0.2, -0.15) is 0 Å². The molecule has 24 heavy (non-hydrogen) atoms. The van der Waals surface area contributed by atoms with E-state index in [1.54, 1.807) is 30.3 Å². The maximum absolute atomic E-state index is 13.5. The Bertz CT molecular complexity index is 842. The molecule has 1 amide bonds. The topological polar surface area (TPSA) is 75.6 Å². The van der Waals surface area contributed by atoms with Crippen molar-refractivity contribution in [2.75, 3.05) is 7.11 Å². The molecular weight excluding hydrogens is 313 g/mol. The lowest BCUT2D eigenvalue weighted by molar-refractivity contribution is -0.133. The molecule has 0 aromatic heterocycles. The number of amides is 1. The minimum atomic E-state index is -0.900. The Kier molecular flexibility index (Phi) is 4.04. The number of halogens is 1. The van der Waals surface area contributed by atoms with Crippen LogP contribution in [0.2, 0.25) is 0 Å². The number of carbonyl (C=O) groups is 2. The number of ether oxygens (including phenoxy) is 1. The number of carbonyl (C=O) groups excluding carboxylic acids is 2. The zero-order valence-electron chi connectivity index (χ0n) is 12.7. The van der Waals surface area contributed by atoms with E-state index in [9.17, 15) is 19.1 Å². The van der Waals surface area contributed by atoms with Crippen molar-refractivity contribution in [1.29, 1.82) is 0 Å². The number of rotatable bonds is 3. The third-order valence-corrected chi connectivity index (χ3v) is 3.82. The Labute approximate surface area is 137 Å². The van der Waals surface area contributed by atoms with E-state index in [1.807, 2.05) is 0 Å². The summed E-state index contributed by atoms with van der Waals surface area (Å²) in [6.45, 7) is 0. The molecule has 1 aliphatic rings. The Morgan fingerprint density at radius 1 is 1.17 bits per heavy atom. The fraction of sp³-hybridized carbons (Fsp3) is 0.111. The molecule has 6 heteroatoms. The van der Waals surface area contributed by atoms with Gasteiger partial charge in [0.1, 0.15) is 17.3 Å². The summed E-state index contributed by atoms with van der Waals surface area (Å²) in [4.78, 5) is 23.9. The van der Waals surface area contributed by atoms with Gasteiger partial charge in [0.25, 0.3) is 11.7 Å². The summed E-state index contributed by atoms with van der Waals surface area (Å²) in [6.07, 6.45) is 0. The number of hydrogen-bond donors (Lipinski definition) is 2. The fourth-order valence-electron chi connectivity index (χ4n) is 2.61. The Hall–Kier alpha value is -3.15. The quantitative estimate of drug-likeness (QED) is 0.516. The van der Waals surface area contributed by atoms with E-state index in [1.165, 1.54) is 25.3 Å². The number of aliphatic hydroxyl groups excluding tert-OH is 1. The number of methoxy groups -OCH3 is 1. The van der Waals surface area contributed by atoms with E-state index < -0.39 is 23.5 Å².